The molecule has 27 heavy (non-hydrogen) atoms. The van der Waals surface area contributed by atoms with Gasteiger partial charge in [-0.15, -0.1) is 0 Å². The monoisotopic (exact) mass is 385 g/mol. The molecule has 0 spiro atoms. The van der Waals surface area contributed by atoms with E-state index in [1.807, 2.05) is 0 Å². The van der Waals surface area contributed by atoms with Gasteiger partial charge >= 0.3 is 0 Å². The van der Waals surface area contributed by atoms with Crippen LogP contribution in [0, 0.1) is 11.8 Å². The average molecular weight is 385 g/mol. The number of hydrogen-bond acceptors (Lipinski definition) is 4. The van der Waals surface area contributed by atoms with Crippen LogP contribution in [0.5, 0.6) is 0 Å². The van der Waals surface area contributed by atoms with E-state index in [0.29, 0.717) is 35.1 Å². The summed E-state index contributed by atoms with van der Waals surface area (Å²) in [5, 5.41) is 3.97. The molecule has 2 amide bonds. The summed E-state index contributed by atoms with van der Waals surface area (Å²) < 4.78 is 28.2. The molecule has 7 nitrogen and oxygen atoms in total. The van der Waals surface area contributed by atoms with Gasteiger partial charge in [-0.25, -0.2) is 8.42 Å². The zero-order chi connectivity index (χ0) is 18.9. The van der Waals surface area contributed by atoms with Crippen molar-refractivity contribution in [3.8, 4) is 0 Å². The van der Waals surface area contributed by atoms with E-state index in [1.54, 1.807) is 42.3 Å². The van der Waals surface area contributed by atoms with Crippen LogP contribution in [-0.4, -0.2) is 56.1 Å². The number of fused-ring (bicyclic) bond motifs is 1. The maximum Gasteiger partial charge on any atom is 0.256 e. The van der Waals surface area contributed by atoms with Crippen molar-refractivity contribution in [2.24, 2.45) is 11.8 Å². The van der Waals surface area contributed by atoms with Gasteiger partial charge in [-0.05, 0) is 30.5 Å². The molecule has 140 valence electrons. The maximum absolute atomic E-state index is 13.4. The summed E-state index contributed by atoms with van der Waals surface area (Å²) in [5.74, 6) is -0.382. The molecule has 3 aliphatic heterocycles. The minimum absolute atomic E-state index is 0.0270. The molecule has 2 aromatic carbocycles. The summed E-state index contributed by atoms with van der Waals surface area (Å²) in [7, 11) is -2.00. The van der Waals surface area contributed by atoms with Crippen molar-refractivity contribution in [3.63, 3.8) is 0 Å². The first-order valence-corrected chi connectivity index (χ1v) is 10.4. The minimum Gasteiger partial charge on any atom is -0.345 e. The van der Waals surface area contributed by atoms with Crippen molar-refractivity contribution in [3.05, 3.63) is 35.9 Å². The van der Waals surface area contributed by atoms with Gasteiger partial charge < -0.3 is 10.2 Å². The Morgan fingerprint density at radius 3 is 2.74 bits per heavy atom. The molecule has 0 unspecified atom stereocenters. The van der Waals surface area contributed by atoms with Crippen molar-refractivity contribution < 1.29 is 18.0 Å². The molecule has 3 heterocycles. The lowest BCUT2D eigenvalue weighted by Gasteiger charge is -2.30. The summed E-state index contributed by atoms with van der Waals surface area (Å²) in [6.07, 6.45) is 0.821. The van der Waals surface area contributed by atoms with E-state index in [4.69, 9.17) is 0 Å². The summed E-state index contributed by atoms with van der Waals surface area (Å²) in [6.45, 7) is 1.26. The Bertz CT molecular complexity index is 1110. The van der Waals surface area contributed by atoms with Crippen LogP contribution in [-0.2, 0) is 14.8 Å². The topological polar surface area (TPSA) is 86.8 Å². The SMILES string of the molecule is CN1CC[C@@H]2CN(S(=O)(=O)c3ccc4c5c(cccc35)C(=O)N4)C[C@@H]2C1=O. The van der Waals surface area contributed by atoms with Crippen LogP contribution in [0.3, 0.4) is 0 Å². The second kappa shape index (κ2) is 5.53. The Morgan fingerprint density at radius 1 is 1.11 bits per heavy atom. The first kappa shape index (κ1) is 16.7. The lowest BCUT2D eigenvalue weighted by atomic mass is 9.88. The van der Waals surface area contributed by atoms with Crippen molar-refractivity contribution in [2.75, 3.05) is 32.0 Å². The van der Waals surface area contributed by atoms with Gasteiger partial charge in [-0.1, -0.05) is 12.1 Å². The number of nitrogens with one attached hydrogen (secondary N) is 1. The van der Waals surface area contributed by atoms with E-state index in [1.165, 1.54) is 4.31 Å². The Kier molecular flexibility index (Phi) is 3.42. The van der Waals surface area contributed by atoms with Crippen LogP contribution in [0.2, 0.25) is 0 Å². The van der Waals surface area contributed by atoms with Gasteiger partial charge in [0.1, 0.15) is 0 Å². The van der Waals surface area contributed by atoms with Crippen LogP contribution >= 0.6 is 0 Å². The fourth-order valence-corrected chi connectivity index (χ4v) is 6.29. The third-order valence-corrected chi connectivity index (χ3v) is 7.94. The zero-order valence-electron chi connectivity index (χ0n) is 14.8. The molecule has 0 aliphatic carbocycles. The number of likely N-dealkylation sites (tertiary alicyclic amines) is 1. The van der Waals surface area contributed by atoms with Gasteiger partial charge in [0.25, 0.3) is 5.91 Å². The standard InChI is InChI=1S/C19H19N3O4S/c1-21-8-7-11-9-22(10-14(11)19(21)24)27(25,26)16-6-5-15-17-12(16)3-2-4-13(17)18(23)20-15/h2-6,11,14H,7-10H2,1H3,(H,20,23)/t11-,14+/m1/s1. The Morgan fingerprint density at radius 2 is 1.93 bits per heavy atom. The number of hydrogen-bond donors (Lipinski definition) is 1. The summed E-state index contributed by atoms with van der Waals surface area (Å²) in [6, 6.07) is 8.33. The van der Waals surface area contributed by atoms with Crippen LogP contribution in [0.15, 0.2) is 35.2 Å². The van der Waals surface area contributed by atoms with Gasteiger partial charge in [0, 0.05) is 48.7 Å². The lowest BCUT2D eigenvalue weighted by Crippen LogP contribution is -2.42. The Balaban J connectivity index is 1.59. The first-order chi connectivity index (χ1) is 12.9. The summed E-state index contributed by atoms with van der Waals surface area (Å²) in [4.78, 5) is 26.4. The minimum atomic E-state index is -3.76. The first-order valence-electron chi connectivity index (χ1n) is 9.00. The third kappa shape index (κ3) is 2.26. The Hall–Kier alpha value is -2.45. The van der Waals surface area contributed by atoms with Crippen molar-refractivity contribution in [1.29, 1.82) is 0 Å². The number of piperidine rings is 1. The highest BCUT2D eigenvalue weighted by atomic mass is 32.2. The van der Waals surface area contributed by atoms with Crippen LogP contribution in [0.4, 0.5) is 5.69 Å². The fraction of sp³-hybridized carbons (Fsp3) is 0.368. The normalized spacial score (nSPS) is 25.1. The predicted molar refractivity (Wildman–Crippen MR) is 99.9 cm³/mol. The molecule has 5 rings (SSSR count). The average Bonchev–Trinajstić information content (AvgIpc) is 3.23. The second-order valence-electron chi connectivity index (χ2n) is 7.53. The molecule has 3 aliphatic rings. The van der Waals surface area contributed by atoms with E-state index >= 15 is 0 Å². The molecule has 2 saturated heterocycles. The fourth-order valence-electron chi connectivity index (χ4n) is 4.58. The van der Waals surface area contributed by atoms with Crippen LogP contribution in [0.1, 0.15) is 16.8 Å². The van der Waals surface area contributed by atoms with Gasteiger partial charge in [-0.2, -0.15) is 4.31 Å². The number of rotatable bonds is 2. The van der Waals surface area contributed by atoms with Gasteiger partial charge in [-0.3, -0.25) is 9.59 Å². The largest absolute Gasteiger partial charge is 0.345 e. The molecule has 2 fully saturated rings. The van der Waals surface area contributed by atoms with Crippen molar-refractivity contribution in [2.45, 2.75) is 11.3 Å². The van der Waals surface area contributed by atoms with E-state index in [2.05, 4.69) is 5.32 Å². The molecule has 0 bridgehead atoms. The van der Waals surface area contributed by atoms with Crippen molar-refractivity contribution >= 4 is 38.3 Å². The highest BCUT2D eigenvalue weighted by Crippen LogP contribution is 2.40. The molecular formula is C19H19N3O4S. The molecule has 0 radical (unpaired) electrons. The molecule has 0 aromatic heterocycles. The number of benzene rings is 2. The molecule has 2 atom stereocenters. The number of carbonyl (C=O) groups is 2. The zero-order valence-corrected chi connectivity index (χ0v) is 15.6. The smallest absolute Gasteiger partial charge is 0.256 e. The maximum atomic E-state index is 13.4. The lowest BCUT2D eigenvalue weighted by molar-refractivity contribution is -0.137. The van der Waals surface area contributed by atoms with Gasteiger partial charge in [0.2, 0.25) is 15.9 Å². The highest BCUT2D eigenvalue weighted by Gasteiger charge is 2.46. The number of amides is 2. The molecule has 2 aromatic rings. The number of sulfonamides is 1. The summed E-state index contributed by atoms with van der Waals surface area (Å²) >= 11 is 0. The molecular weight excluding hydrogens is 366 g/mol. The van der Waals surface area contributed by atoms with Crippen LogP contribution in [0.25, 0.3) is 10.8 Å². The Labute approximate surface area is 157 Å². The third-order valence-electron chi connectivity index (χ3n) is 6.05. The van der Waals surface area contributed by atoms with Crippen molar-refractivity contribution in [1.82, 2.24) is 9.21 Å². The molecule has 0 saturated carbocycles. The van der Waals surface area contributed by atoms with E-state index in [-0.39, 0.29) is 35.1 Å². The van der Waals surface area contributed by atoms with E-state index in [0.717, 1.165) is 6.42 Å². The van der Waals surface area contributed by atoms with Crippen LogP contribution < -0.4 is 5.32 Å². The quantitative estimate of drug-likeness (QED) is 0.849. The molecule has 8 heteroatoms. The van der Waals surface area contributed by atoms with Gasteiger partial charge in [0.05, 0.1) is 10.8 Å². The number of nitrogens with zero attached hydrogens (tertiary/aromatic N) is 2. The number of anilines is 1. The number of carbonyl (C=O) groups excluding carboxylic acids is 2. The molecule has 1 N–H and O–H groups in total. The van der Waals surface area contributed by atoms with E-state index in [9.17, 15) is 18.0 Å². The summed E-state index contributed by atoms with van der Waals surface area (Å²) in [5.41, 5.74) is 1.13. The van der Waals surface area contributed by atoms with E-state index < -0.39 is 10.0 Å². The highest BCUT2D eigenvalue weighted by molar-refractivity contribution is 7.89. The second-order valence-corrected chi connectivity index (χ2v) is 9.44. The van der Waals surface area contributed by atoms with Gasteiger partial charge in [0.15, 0.2) is 0 Å². The predicted octanol–water partition coefficient (Wildman–Crippen LogP) is 1.50.